The molecule has 0 spiro atoms. The van der Waals surface area contributed by atoms with Gasteiger partial charge in [0.2, 0.25) is 0 Å². The second-order valence-corrected chi connectivity index (χ2v) is 8.82. The van der Waals surface area contributed by atoms with E-state index in [1.165, 1.54) is 42.8 Å². The summed E-state index contributed by atoms with van der Waals surface area (Å²) in [4.78, 5) is 0. The van der Waals surface area contributed by atoms with Crippen LogP contribution in [0.15, 0.2) is 18.2 Å². The van der Waals surface area contributed by atoms with E-state index in [4.69, 9.17) is 5.73 Å². The van der Waals surface area contributed by atoms with Crippen molar-refractivity contribution < 1.29 is 5.11 Å². The van der Waals surface area contributed by atoms with Gasteiger partial charge in [-0.25, -0.2) is 0 Å². The molecule has 1 fully saturated rings. The van der Waals surface area contributed by atoms with E-state index in [0.29, 0.717) is 5.92 Å². The molecule has 3 N–H and O–H groups in total. The molecule has 2 nitrogen and oxygen atoms in total. The van der Waals surface area contributed by atoms with Gasteiger partial charge in [0, 0.05) is 5.54 Å². The zero-order valence-corrected chi connectivity index (χ0v) is 15.2. The molecule has 3 rings (SSSR count). The molecule has 0 aromatic heterocycles. The van der Waals surface area contributed by atoms with Crippen molar-refractivity contribution in [3.05, 3.63) is 34.9 Å². The van der Waals surface area contributed by atoms with E-state index in [0.717, 1.165) is 25.2 Å². The van der Waals surface area contributed by atoms with E-state index in [1.54, 1.807) is 11.1 Å². The number of thioether (sulfide) groups is 1. The van der Waals surface area contributed by atoms with E-state index in [9.17, 15) is 5.11 Å². The summed E-state index contributed by atoms with van der Waals surface area (Å²) in [5, 5.41) is 9.47. The Morgan fingerprint density at radius 2 is 2.17 bits per heavy atom. The second kappa shape index (κ2) is 7.58. The Kier molecular flexibility index (Phi) is 5.71. The molecule has 0 radical (unpaired) electrons. The summed E-state index contributed by atoms with van der Waals surface area (Å²) in [6.45, 7) is 2.38. The van der Waals surface area contributed by atoms with Crippen LogP contribution in [0.4, 0.5) is 0 Å². The number of aryl methyl sites for hydroxylation is 1. The quantitative estimate of drug-likeness (QED) is 0.776. The molecule has 1 saturated carbocycles. The Bertz CT molecular complexity index is 532. The van der Waals surface area contributed by atoms with Gasteiger partial charge in [0.1, 0.15) is 0 Å². The van der Waals surface area contributed by atoms with Gasteiger partial charge in [-0.15, -0.1) is 0 Å². The number of aliphatic hydroxyl groups excluding tert-OH is 1. The summed E-state index contributed by atoms with van der Waals surface area (Å²) in [5.74, 6) is 4.03. The standard InChI is InChI=1S/C20H31NOS/c1-2-9-23-13-15-3-4-17-11-18(6-5-16(17)10-15)19-7-8-20(21,12-19)14-22/h5-6,11,15,19,22H,2-4,7-10,12-14,21H2,1H3/t15?,19-,20+/m0/s1. The van der Waals surface area contributed by atoms with Gasteiger partial charge in [-0.2, -0.15) is 11.8 Å². The van der Waals surface area contributed by atoms with E-state index in [-0.39, 0.29) is 12.1 Å². The van der Waals surface area contributed by atoms with E-state index in [2.05, 4.69) is 36.9 Å². The van der Waals surface area contributed by atoms with E-state index < -0.39 is 0 Å². The smallest absolute Gasteiger partial charge is 0.0611 e. The second-order valence-electron chi connectivity index (χ2n) is 7.67. The SMILES string of the molecule is CCCSCC1CCc2cc([C@H]3CC[C@](N)(CO)C3)ccc2C1. The first kappa shape index (κ1) is 17.3. The summed E-state index contributed by atoms with van der Waals surface area (Å²) in [6, 6.07) is 7.14. The Morgan fingerprint density at radius 3 is 2.91 bits per heavy atom. The molecule has 128 valence electrons. The number of fused-ring (bicyclic) bond motifs is 1. The average molecular weight is 334 g/mol. The molecule has 2 aliphatic carbocycles. The lowest BCUT2D eigenvalue weighted by atomic mass is 9.82. The molecular weight excluding hydrogens is 302 g/mol. The first-order chi connectivity index (χ1) is 11.1. The first-order valence-electron chi connectivity index (χ1n) is 9.23. The van der Waals surface area contributed by atoms with Crippen LogP contribution in [-0.4, -0.2) is 28.8 Å². The van der Waals surface area contributed by atoms with Crippen LogP contribution < -0.4 is 5.73 Å². The zero-order valence-electron chi connectivity index (χ0n) is 14.4. The molecule has 1 aromatic carbocycles. The highest BCUT2D eigenvalue weighted by molar-refractivity contribution is 7.99. The normalized spacial score (nSPS) is 30.4. The molecule has 3 atom stereocenters. The highest BCUT2D eigenvalue weighted by Gasteiger charge is 2.36. The van der Waals surface area contributed by atoms with Crippen molar-refractivity contribution in [1.82, 2.24) is 0 Å². The maximum Gasteiger partial charge on any atom is 0.0611 e. The molecule has 0 bridgehead atoms. The maximum absolute atomic E-state index is 9.47. The van der Waals surface area contributed by atoms with Crippen molar-refractivity contribution in [2.24, 2.45) is 11.7 Å². The van der Waals surface area contributed by atoms with Gasteiger partial charge >= 0.3 is 0 Å². The third-order valence-electron chi connectivity index (χ3n) is 5.69. The molecule has 0 heterocycles. The fourth-order valence-electron chi connectivity index (χ4n) is 4.23. The third-order valence-corrected chi connectivity index (χ3v) is 7.10. The number of aliphatic hydroxyl groups is 1. The number of nitrogens with two attached hydrogens (primary N) is 1. The lowest BCUT2D eigenvalue weighted by Crippen LogP contribution is -2.40. The van der Waals surface area contributed by atoms with Crippen LogP contribution >= 0.6 is 11.8 Å². The Morgan fingerprint density at radius 1 is 1.30 bits per heavy atom. The van der Waals surface area contributed by atoms with Crippen molar-refractivity contribution in [1.29, 1.82) is 0 Å². The fourth-order valence-corrected chi connectivity index (χ4v) is 5.30. The van der Waals surface area contributed by atoms with Gasteiger partial charge < -0.3 is 10.8 Å². The van der Waals surface area contributed by atoms with Gasteiger partial charge in [0.15, 0.2) is 0 Å². The number of hydrogen-bond acceptors (Lipinski definition) is 3. The van der Waals surface area contributed by atoms with Crippen LogP contribution in [0.5, 0.6) is 0 Å². The minimum absolute atomic E-state index is 0.117. The van der Waals surface area contributed by atoms with Crippen LogP contribution in [0.3, 0.4) is 0 Å². The van der Waals surface area contributed by atoms with Gasteiger partial charge in [-0.1, -0.05) is 25.1 Å². The van der Waals surface area contributed by atoms with Crippen LogP contribution in [0.1, 0.15) is 61.6 Å². The van der Waals surface area contributed by atoms with Crippen molar-refractivity contribution in [3.8, 4) is 0 Å². The molecule has 3 heteroatoms. The highest BCUT2D eigenvalue weighted by Crippen LogP contribution is 2.40. The monoisotopic (exact) mass is 333 g/mol. The van der Waals surface area contributed by atoms with Gasteiger partial charge in [0.25, 0.3) is 0 Å². The van der Waals surface area contributed by atoms with E-state index in [1.807, 2.05) is 0 Å². The lowest BCUT2D eigenvalue weighted by Gasteiger charge is -2.26. The van der Waals surface area contributed by atoms with Crippen LogP contribution in [0.25, 0.3) is 0 Å². The van der Waals surface area contributed by atoms with Gasteiger partial charge in [-0.05, 0) is 85.0 Å². The number of benzene rings is 1. The van der Waals surface area contributed by atoms with Gasteiger partial charge in [-0.3, -0.25) is 0 Å². The molecule has 23 heavy (non-hydrogen) atoms. The van der Waals surface area contributed by atoms with Crippen molar-refractivity contribution in [3.63, 3.8) is 0 Å². The van der Waals surface area contributed by atoms with Crippen molar-refractivity contribution in [2.75, 3.05) is 18.1 Å². The van der Waals surface area contributed by atoms with Crippen molar-refractivity contribution >= 4 is 11.8 Å². The van der Waals surface area contributed by atoms with Crippen LogP contribution in [0, 0.1) is 5.92 Å². The topological polar surface area (TPSA) is 46.2 Å². The molecule has 0 saturated heterocycles. The van der Waals surface area contributed by atoms with Gasteiger partial charge in [0.05, 0.1) is 6.61 Å². The number of rotatable bonds is 6. The summed E-state index contributed by atoms with van der Waals surface area (Å²) in [6.07, 6.45) is 8.12. The molecule has 0 aliphatic heterocycles. The lowest BCUT2D eigenvalue weighted by molar-refractivity contribution is 0.198. The summed E-state index contributed by atoms with van der Waals surface area (Å²) < 4.78 is 0. The predicted octanol–water partition coefficient (Wildman–Crippen LogP) is 3.89. The molecular formula is C20H31NOS. The molecule has 1 unspecified atom stereocenters. The summed E-state index contributed by atoms with van der Waals surface area (Å²) in [5.41, 5.74) is 10.5. The Hall–Kier alpha value is -0.510. The zero-order chi connectivity index (χ0) is 16.3. The summed E-state index contributed by atoms with van der Waals surface area (Å²) >= 11 is 2.12. The maximum atomic E-state index is 9.47. The first-order valence-corrected chi connectivity index (χ1v) is 10.4. The Labute approximate surface area is 145 Å². The van der Waals surface area contributed by atoms with E-state index >= 15 is 0 Å². The average Bonchev–Trinajstić information content (AvgIpc) is 2.98. The molecule has 1 aromatic rings. The number of hydrogen-bond donors (Lipinski definition) is 2. The predicted molar refractivity (Wildman–Crippen MR) is 100 cm³/mol. The van der Waals surface area contributed by atoms with Crippen LogP contribution in [-0.2, 0) is 12.8 Å². The third kappa shape index (κ3) is 4.12. The summed E-state index contributed by atoms with van der Waals surface area (Å²) in [7, 11) is 0. The molecule has 2 aliphatic rings. The fraction of sp³-hybridized carbons (Fsp3) is 0.700. The largest absolute Gasteiger partial charge is 0.394 e. The Balaban J connectivity index is 1.63. The van der Waals surface area contributed by atoms with Crippen molar-refractivity contribution in [2.45, 2.75) is 63.3 Å². The molecule has 0 amide bonds. The minimum atomic E-state index is -0.345. The van der Waals surface area contributed by atoms with Crippen LogP contribution in [0.2, 0.25) is 0 Å². The minimum Gasteiger partial charge on any atom is -0.394 e. The highest BCUT2D eigenvalue weighted by atomic mass is 32.2.